The van der Waals surface area contributed by atoms with Crippen LogP contribution in [0.15, 0.2) is 77.3 Å². The molecule has 3 nitrogen and oxygen atoms in total. The van der Waals surface area contributed by atoms with Crippen LogP contribution in [0.5, 0.6) is 0 Å². The van der Waals surface area contributed by atoms with E-state index in [-0.39, 0.29) is 17.7 Å². The van der Waals surface area contributed by atoms with Gasteiger partial charge >= 0.3 is 0 Å². The third kappa shape index (κ3) is 3.04. The molecular weight excluding hydrogens is 364 g/mol. The molecule has 0 saturated heterocycles. The molecule has 140 valence electrons. The Balaban J connectivity index is 1.61. The van der Waals surface area contributed by atoms with E-state index in [1.807, 2.05) is 6.07 Å². The lowest BCUT2D eigenvalue weighted by Crippen LogP contribution is -2.26. The van der Waals surface area contributed by atoms with Crippen LogP contribution in [0.3, 0.4) is 0 Å². The fourth-order valence-corrected chi connectivity index (χ4v) is 5.07. The summed E-state index contributed by atoms with van der Waals surface area (Å²) in [5.41, 5.74) is 6.47. The number of anilines is 2. The minimum absolute atomic E-state index is 0.102. The molecule has 28 heavy (non-hydrogen) atoms. The van der Waals surface area contributed by atoms with E-state index < -0.39 is 0 Å². The van der Waals surface area contributed by atoms with Crippen LogP contribution in [0.25, 0.3) is 0 Å². The maximum atomic E-state index is 13.4. The fourth-order valence-electron chi connectivity index (χ4n) is 4.29. The third-order valence-electron chi connectivity index (χ3n) is 5.66. The van der Waals surface area contributed by atoms with Gasteiger partial charge in [-0.2, -0.15) is 0 Å². The zero-order valence-corrected chi connectivity index (χ0v) is 16.6. The minimum Gasteiger partial charge on any atom is -0.372 e. The van der Waals surface area contributed by atoms with Crippen LogP contribution in [-0.2, 0) is 4.79 Å². The predicted molar refractivity (Wildman–Crippen MR) is 116 cm³/mol. The van der Waals surface area contributed by atoms with Crippen LogP contribution in [-0.4, -0.2) is 5.78 Å². The molecule has 2 atom stereocenters. The molecule has 2 aliphatic rings. The summed E-state index contributed by atoms with van der Waals surface area (Å²) in [6.07, 6.45) is 1.41. The number of allylic oxidation sites excluding steroid dienone is 1. The molecule has 0 spiro atoms. The van der Waals surface area contributed by atoms with Crippen molar-refractivity contribution in [1.82, 2.24) is 0 Å². The highest BCUT2D eigenvalue weighted by Crippen LogP contribution is 2.45. The summed E-state index contributed by atoms with van der Waals surface area (Å²) in [5, 5.41) is 9.34. The highest BCUT2D eigenvalue weighted by molar-refractivity contribution is 7.10. The van der Waals surface area contributed by atoms with Crippen molar-refractivity contribution in [2.24, 2.45) is 0 Å². The monoisotopic (exact) mass is 386 g/mol. The van der Waals surface area contributed by atoms with Gasteiger partial charge in [-0.25, -0.2) is 0 Å². The Kier molecular flexibility index (Phi) is 4.29. The number of carbonyl (C=O) groups is 1. The van der Waals surface area contributed by atoms with Crippen LogP contribution in [0.4, 0.5) is 11.4 Å². The number of hydrogen-bond acceptors (Lipinski definition) is 4. The van der Waals surface area contributed by atoms with Gasteiger partial charge < -0.3 is 10.6 Å². The van der Waals surface area contributed by atoms with Gasteiger partial charge in [0.05, 0.1) is 17.4 Å². The molecule has 2 unspecified atom stereocenters. The van der Waals surface area contributed by atoms with E-state index in [9.17, 15) is 4.79 Å². The van der Waals surface area contributed by atoms with Gasteiger partial charge in [0.25, 0.3) is 0 Å². The van der Waals surface area contributed by atoms with E-state index in [1.54, 1.807) is 11.3 Å². The lowest BCUT2D eigenvalue weighted by molar-refractivity contribution is -0.116. The van der Waals surface area contributed by atoms with Crippen LogP contribution in [0.2, 0.25) is 0 Å². The quantitative estimate of drug-likeness (QED) is 0.564. The van der Waals surface area contributed by atoms with Gasteiger partial charge in [0.1, 0.15) is 0 Å². The number of benzene rings is 2. The van der Waals surface area contributed by atoms with Crippen LogP contribution in [0.1, 0.15) is 40.8 Å². The number of ketones is 1. The maximum absolute atomic E-state index is 13.4. The highest BCUT2D eigenvalue weighted by atomic mass is 32.1. The maximum Gasteiger partial charge on any atom is 0.163 e. The number of rotatable bonds is 2. The van der Waals surface area contributed by atoms with Crippen molar-refractivity contribution in [2.75, 3.05) is 10.6 Å². The lowest BCUT2D eigenvalue weighted by Gasteiger charge is -2.29. The summed E-state index contributed by atoms with van der Waals surface area (Å²) in [6, 6.07) is 20.8. The van der Waals surface area contributed by atoms with Crippen molar-refractivity contribution in [3.8, 4) is 0 Å². The third-order valence-corrected chi connectivity index (χ3v) is 6.59. The van der Waals surface area contributed by atoms with Crippen LogP contribution >= 0.6 is 11.3 Å². The van der Waals surface area contributed by atoms with Crippen molar-refractivity contribution >= 4 is 28.5 Å². The summed E-state index contributed by atoms with van der Waals surface area (Å²) in [6.45, 7) is 2.09. The molecule has 1 aromatic heterocycles. The summed E-state index contributed by atoms with van der Waals surface area (Å²) >= 11 is 1.70. The summed E-state index contributed by atoms with van der Waals surface area (Å²) in [7, 11) is 0. The molecule has 5 rings (SSSR count). The van der Waals surface area contributed by atoms with Crippen LogP contribution in [0, 0.1) is 6.92 Å². The Morgan fingerprint density at radius 3 is 2.61 bits per heavy atom. The summed E-state index contributed by atoms with van der Waals surface area (Å²) in [4.78, 5) is 14.5. The van der Waals surface area contributed by atoms with Crippen molar-refractivity contribution in [1.29, 1.82) is 0 Å². The number of thiophene rings is 1. The van der Waals surface area contributed by atoms with Gasteiger partial charge in [-0.1, -0.05) is 42.5 Å². The first kappa shape index (κ1) is 17.3. The molecule has 2 heterocycles. The van der Waals surface area contributed by atoms with Gasteiger partial charge in [0, 0.05) is 22.6 Å². The van der Waals surface area contributed by atoms with E-state index in [0.717, 1.165) is 29.1 Å². The number of nitrogens with one attached hydrogen (secondary N) is 2. The standard InChI is InChI=1S/C24H22N2OS/c1-15-9-10-18-19(12-15)26-24(22-8-5-11-28-22)23-20(25-18)13-17(14-21(23)27)16-6-3-2-4-7-16/h2-12,17,24-26H,13-14H2,1H3. The van der Waals surface area contributed by atoms with E-state index in [0.29, 0.717) is 6.42 Å². The Hall–Kier alpha value is -2.85. The van der Waals surface area contributed by atoms with Crippen molar-refractivity contribution in [2.45, 2.75) is 31.7 Å². The average Bonchev–Trinajstić information content (AvgIpc) is 3.18. The number of carbonyl (C=O) groups excluding carboxylic acids is 1. The van der Waals surface area contributed by atoms with Crippen LogP contribution < -0.4 is 10.6 Å². The van der Waals surface area contributed by atoms with Crippen molar-refractivity contribution in [3.05, 3.63) is 93.3 Å². The molecule has 0 saturated carbocycles. The molecule has 3 aromatic rings. The molecule has 2 N–H and O–H groups in total. The molecule has 0 bridgehead atoms. The Morgan fingerprint density at radius 2 is 1.82 bits per heavy atom. The zero-order chi connectivity index (χ0) is 19.1. The highest BCUT2D eigenvalue weighted by Gasteiger charge is 2.36. The number of Topliss-reactive ketones (excluding diaryl/α,β-unsaturated/α-hetero) is 1. The average molecular weight is 387 g/mol. The van der Waals surface area contributed by atoms with Gasteiger partial charge in [-0.3, -0.25) is 4.79 Å². The van der Waals surface area contributed by atoms with Gasteiger partial charge in [0.15, 0.2) is 5.78 Å². The first-order chi connectivity index (χ1) is 13.7. The van der Waals surface area contributed by atoms with E-state index in [1.165, 1.54) is 16.0 Å². The number of aryl methyl sites for hydroxylation is 1. The molecule has 1 aliphatic heterocycles. The molecule has 0 fully saturated rings. The minimum atomic E-state index is -0.102. The second-order valence-electron chi connectivity index (χ2n) is 7.60. The Labute approximate surface area is 169 Å². The second-order valence-corrected chi connectivity index (χ2v) is 8.58. The summed E-state index contributed by atoms with van der Waals surface area (Å²) in [5.74, 6) is 0.453. The molecule has 1 aliphatic carbocycles. The Bertz CT molecular complexity index is 1050. The first-order valence-corrected chi connectivity index (χ1v) is 10.6. The summed E-state index contributed by atoms with van der Waals surface area (Å²) < 4.78 is 0. The predicted octanol–water partition coefficient (Wildman–Crippen LogP) is 6.04. The number of hydrogen-bond donors (Lipinski definition) is 2. The van der Waals surface area contributed by atoms with Gasteiger partial charge in [-0.15, -0.1) is 11.3 Å². The van der Waals surface area contributed by atoms with Gasteiger partial charge in [-0.05, 0) is 54.0 Å². The first-order valence-electron chi connectivity index (χ1n) is 9.68. The fraction of sp³-hybridized carbons (Fsp3) is 0.208. The molecule has 0 radical (unpaired) electrons. The van der Waals surface area contributed by atoms with E-state index >= 15 is 0 Å². The van der Waals surface area contributed by atoms with Crippen molar-refractivity contribution < 1.29 is 4.79 Å². The van der Waals surface area contributed by atoms with E-state index in [4.69, 9.17) is 0 Å². The number of fused-ring (bicyclic) bond motifs is 1. The molecule has 2 aromatic carbocycles. The van der Waals surface area contributed by atoms with Crippen molar-refractivity contribution in [3.63, 3.8) is 0 Å². The SMILES string of the molecule is Cc1ccc2c(c1)NC(c1cccs1)C1=C(CC(c3ccccc3)CC1=O)N2. The molecule has 0 amide bonds. The second kappa shape index (κ2) is 6.95. The molecule has 4 heteroatoms. The topological polar surface area (TPSA) is 41.1 Å². The Morgan fingerprint density at radius 1 is 0.964 bits per heavy atom. The normalized spacial score (nSPS) is 21.2. The zero-order valence-electron chi connectivity index (χ0n) is 15.7. The lowest BCUT2D eigenvalue weighted by atomic mass is 9.79. The van der Waals surface area contributed by atoms with E-state index in [2.05, 4.69) is 77.5 Å². The largest absolute Gasteiger partial charge is 0.372 e. The molecular formula is C24H22N2OS. The van der Waals surface area contributed by atoms with Gasteiger partial charge in [0.2, 0.25) is 0 Å². The smallest absolute Gasteiger partial charge is 0.163 e.